The number of halogens is 4. The van der Waals surface area contributed by atoms with Gasteiger partial charge in [0.25, 0.3) is 0 Å². The Balaban J connectivity index is 2.22. The molecule has 0 aromatic heterocycles. The second-order valence-corrected chi connectivity index (χ2v) is 12.9. The van der Waals surface area contributed by atoms with Gasteiger partial charge in [-0.25, -0.2) is 4.79 Å². The molecular weight excluding hydrogens is 599 g/mol. The number of ether oxygens (including phenoxy) is 3. The normalized spacial score (nSPS) is 13.8. The molecule has 40 heavy (non-hydrogen) atoms. The van der Waals surface area contributed by atoms with Gasteiger partial charge in [0.2, 0.25) is 0 Å². The number of rotatable bonds is 12. The van der Waals surface area contributed by atoms with Crippen molar-refractivity contribution in [2.45, 2.75) is 67.0 Å². The molecule has 0 aliphatic carbocycles. The molecule has 0 aliphatic heterocycles. The second-order valence-electron chi connectivity index (χ2n) is 9.84. The first-order chi connectivity index (χ1) is 18.4. The summed E-state index contributed by atoms with van der Waals surface area (Å²) in [5.74, 6) is -0.358. The maximum Gasteiger partial charge on any atom is 0.534 e. The molecule has 1 amide bonds. The first-order valence-corrected chi connectivity index (χ1v) is 14.3. The lowest BCUT2D eigenvalue weighted by Crippen LogP contribution is -2.50. The minimum Gasteiger partial charge on any atom is -0.466 e. The van der Waals surface area contributed by atoms with Crippen molar-refractivity contribution < 1.29 is 49.9 Å². The number of alkyl carbamates (subject to hydrolysis) is 1. The van der Waals surface area contributed by atoms with Crippen LogP contribution in [0.2, 0.25) is 5.02 Å². The van der Waals surface area contributed by atoms with Crippen LogP contribution < -0.4 is 14.2 Å². The zero-order valence-electron chi connectivity index (χ0n) is 22.4. The van der Waals surface area contributed by atoms with E-state index in [1.807, 2.05) is 0 Å². The minimum atomic E-state index is -5.87. The molecule has 0 saturated heterocycles. The number of methoxy groups -OCH3 is 1. The zero-order valence-corrected chi connectivity index (χ0v) is 24.8. The molecule has 15 heteroatoms. The Bertz CT molecular complexity index is 1290. The van der Waals surface area contributed by atoms with Crippen LogP contribution in [0.3, 0.4) is 0 Å². The van der Waals surface area contributed by atoms with Crippen molar-refractivity contribution >= 4 is 39.6 Å². The molecule has 224 valence electrons. The van der Waals surface area contributed by atoms with Gasteiger partial charge in [-0.3, -0.25) is 0 Å². The van der Waals surface area contributed by atoms with Crippen LogP contribution in [0.15, 0.2) is 46.2 Å². The van der Waals surface area contributed by atoms with Gasteiger partial charge in [-0.1, -0.05) is 29.4 Å². The van der Waals surface area contributed by atoms with Gasteiger partial charge >= 0.3 is 21.7 Å². The summed E-state index contributed by atoms with van der Waals surface area (Å²) < 4.78 is 81.0. The van der Waals surface area contributed by atoms with Gasteiger partial charge in [-0.2, -0.15) is 21.6 Å². The number of hydrogen-bond acceptors (Lipinski definition) is 9. The lowest BCUT2D eigenvalue weighted by atomic mass is 9.94. The van der Waals surface area contributed by atoms with Crippen molar-refractivity contribution in [2.75, 3.05) is 20.5 Å². The van der Waals surface area contributed by atoms with Crippen LogP contribution in [0.25, 0.3) is 0 Å². The molecule has 0 fully saturated rings. The second kappa shape index (κ2) is 13.5. The van der Waals surface area contributed by atoms with Crippen molar-refractivity contribution in [3.8, 4) is 11.5 Å². The Labute approximate surface area is 240 Å². The summed E-state index contributed by atoms with van der Waals surface area (Å²) in [4.78, 5) is 13.0. The summed E-state index contributed by atoms with van der Waals surface area (Å²) in [7, 11) is -4.49. The molecule has 2 N–H and O–H groups in total. The van der Waals surface area contributed by atoms with E-state index in [1.165, 1.54) is 13.2 Å². The van der Waals surface area contributed by atoms with E-state index < -0.39 is 38.6 Å². The third kappa shape index (κ3) is 10.2. The molecule has 1 atom stereocenters. The highest BCUT2D eigenvalue weighted by molar-refractivity contribution is 7.99. The molecule has 2 aromatic carbocycles. The number of amides is 1. The molecule has 0 heterocycles. The van der Waals surface area contributed by atoms with Gasteiger partial charge in [-0.05, 0) is 76.4 Å². The number of aryl methyl sites for hydroxylation is 1. The average Bonchev–Trinajstić information content (AvgIpc) is 2.81. The van der Waals surface area contributed by atoms with Gasteiger partial charge < -0.3 is 28.8 Å². The van der Waals surface area contributed by atoms with Crippen molar-refractivity contribution in [3.63, 3.8) is 0 Å². The highest BCUT2D eigenvalue weighted by atomic mass is 35.5. The Kier molecular flexibility index (Phi) is 11.4. The third-order valence-corrected chi connectivity index (χ3v) is 7.45. The van der Waals surface area contributed by atoms with Crippen LogP contribution in [0.4, 0.5) is 18.0 Å². The Hall–Kier alpha value is -2.39. The van der Waals surface area contributed by atoms with Gasteiger partial charge in [0.05, 0.1) is 17.0 Å². The van der Waals surface area contributed by atoms with Crippen molar-refractivity contribution in [3.05, 3.63) is 47.0 Å². The van der Waals surface area contributed by atoms with E-state index in [2.05, 4.69) is 9.50 Å². The predicted octanol–water partition coefficient (Wildman–Crippen LogP) is 5.91. The number of carbonyl (C=O) groups is 1. The maximum absolute atomic E-state index is 12.8. The average molecular weight is 630 g/mol. The Morgan fingerprint density at radius 1 is 1.10 bits per heavy atom. The molecular formula is C25H31ClF3NO8S2. The van der Waals surface area contributed by atoms with Crippen LogP contribution in [-0.4, -0.2) is 56.8 Å². The Morgan fingerprint density at radius 3 is 2.33 bits per heavy atom. The number of nitrogens with one attached hydrogen (secondary N) is 1. The smallest absolute Gasteiger partial charge is 0.466 e. The van der Waals surface area contributed by atoms with Crippen LogP contribution in [0.5, 0.6) is 11.5 Å². The number of alkyl halides is 3. The largest absolute Gasteiger partial charge is 0.534 e. The monoisotopic (exact) mass is 629 g/mol. The van der Waals surface area contributed by atoms with Gasteiger partial charge in [-0.15, -0.1) is 0 Å². The molecule has 0 radical (unpaired) electrons. The van der Waals surface area contributed by atoms with Crippen LogP contribution in [-0.2, 0) is 26.0 Å². The molecule has 0 aliphatic rings. The van der Waals surface area contributed by atoms with Crippen molar-refractivity contribution in [2.24, 2.45) is 0 Å². The topological polar surface area (TPSA) is 120 Å². The van der Waals surface area contributed by atoms with Crippen LogP contribution in [0, 0.1) is 0 Å². The van der Waals surface area contributed by atoms with Crippen LogP contribution >= 0.6 is 23.4 Å². The summed E-state index contributed by atoms with van der Waals surface area (Å²) in [6.45, 7) is 6.33. The molecule has 9 nitrogen and oxygen atoms in total. The molecule has 0 bridgehead atoms. The zero-order chi connectivity index (χ0) is 30.4. The lowest BCUT2D eigenvalue weighted by molar-refractivity contribution is -0.0500. The number of aliphatic hydroxyl groups is 1. The molecule has 0 spiro atoms. The summed E-state index contributed by atoms with van der Waals surface area (Å²) in [5, 5.41) is 12.9. The SMILES string of the molecule is COCOc1ccc(OS(=O)(=O)C(F)(F)F)cc1Sc1ccc(CC[C@@](C)(CO)NC(=O)OC(C)(C)C)c(Cl)c1. The number of aliphatic hydroxyl groups excluding tert-OH is 1. The third-order valence-electron chi connectivity index (χ3n) is 5.09. The summed E-state index contributed by atoms with van der Waals surface area (Å²) >= 11 is 7.53. The fourth-order valence-corrected chi connectivity index (χ4v) is 4.86. The quantitative estimate of drug-likeness (QED) is 0.168. The number of carbonyl (C=O) groups excluding carboxylic acids is 1. The van der Waals surface area contributed by atoms with Gasteiger partial charge in [0.15, 0.2) is 6.79 Å². The van der Waals surface area contributed by atoms with Crippen molar-refractivity contribution in [1.82, 2.24) is 5.32 Å². The fraction of sp³-hybridized carbons (Fsp3) is 0.480. The van der Waals surface area contributed by atoms with Crippen LogP contribution in [0.1, 0.15) is 39.7 Å². The molecule has 0 unspecified atom stereocenters. The van der Waals surface area contributed by atoms with E-state index in [9.17, 15) is 31.5 Å². The summed E-state index contributed by atoms with van der Waals surface area (Å²) in [6, 6.07) is 8.41. The first-order valence-electron chi connectivity index (χ1n) is 11.7. The van der Waals surface area contributed by atoms with Gasteiger partial charge in [0.1, 0.15) is 17.1 Å². The number of benzene rings is 2. The minimum absolute atomic E-state index is 0.171. The molecule has 2 rings (SSSR count). The summed E-state index contributed by atoms with van der Waals surface area (Å²) in [5.41, 5.74) is -6.57. The number of hydrogen-bond donors (Lipinski definition) is 2. The Morgan fingerprint density at radius 2 is 1.77 bits per heavy atom. The molecule has 2 aromatic rings. The van der Waals surface area contributed by atoms with E-state index >= 15 is 0 Å². The summed E-state index contributed by atoms with van der Waals surface area (Å²) in [6.07, 6.45) is 0.0525. The first kappa shape index (κ1) is 33.8. The van der Waals surface area contributed by atoms with E-state index in [4.69, 9.17) is 25.8 Å². The van der Waals surface area contributed by atoms with Gasteiger partial charge in [0, 0.05) is 17.0 Å². The maximum atomic E-state index is 12.8. The van der Waals surface area contributed by atoms with E-state index in [0.29, 0.717) is 28.3 Å². The standard InChI is InChI=1S/C25H31ClF3NO8S2/c1-23(2,3)37-22(32)30-24(4,14-31)11-10-16-6-8-18(13-19(16)26)39-21-12-17(7-9-20(21)36-15-35-5)38-40(33,34)25(27,28)29/h6-9,12-13,31H,10-11,14-15H2,1-5H3,(H,30,32)/t24-/m0/s1. The predicted molar refractivity (Wildman–Crippen MR) is 143 cm³/mol. The highest BCUT2D eigenvalue weighted by Gasteiger charge is 2.48. The molecule has 0 saturated carbocycles. The van der Waals surface area contributed by atoms with Crippen molar-refractivity contribution in [1.29, 1.82) is 0 Å². The lowest BCUT2D eigenvalue weighted by Gasteiger charge is -2.30. The fourth-order valence-electron chi connectivity index (χ4n) is 3.10. The van der Waals surface area contributed by atoms with E-state index in [1.54, 1.807) is 45.9 Å². The van der Waals surface area contributed by atoms with E-state index in [0.717, 1.165) is 23.9 Å². The highest BCUT2D eigenvalue weighted by Crippen LogP contribution is 2.40. The van der Waals surface area contributed by atoms with E-state index in [-0.39, 0.29) is 24.0 Å².